The van der Waals surface area contributed by atoms with Crippen molar-refractivity contribution in [2.75, 3.05) is 35.3 Å². The zero-order valence-corrected chi connectivity index (χ0v) is 35.0. The topological polar surface area (TPSA) is 372 Å². The summed E-state index contributed by atoms with van der Waals surface area (Å²) in [5.74, 6) is -0.111. The third-order valence-electron chi connectivity index (χ3n) is 10.5. The van der Waals surface area contributed by atoms with Crippen LogP contribution in [0.3, 0.4) is 0 Å². The lowest BCUT2D eigenvalue weighted by Gasteiger charge is -2.43. The maximum Gasteiger partial charge on any atom is 0.481 e. The van der Waals surface area contributed by atoms with E-state index in [-0.39, 0.29) is 34.9 Å². The summed E-state index contributed by atoms with van der Waals surface area (Å²) in [5.41, 5.74) is 7.08. The summed E-state index contributed by atoms with van der Waals surface area (Å²) >= 11 is 0. The van der Waals surface area contributed by atoms with Crippen molar-refractivity contribution in [1.82, 2.24) is 29.5 Å². The number of phosphoric acid groups is 2. The number of aliphatic hydroxyl groups excluding tert-OH is 5. The van der Waals surface area contributed by atoms with Gasteiger partial charge in [-0.05, 0) is 42.7 Å². The number of anilines is 5. The van der Waals surface area contributed by atoms with Crippen molar-refractivity contribution in [3.8, 4) is 0 Å². The number of aromatic nitrogens is 6. The minimum atomic E-state index is -5.60. The van der Waals surface area contributed by atoms with Crippen LogP contribution < -0.4 is 26.8 Å². The molecule has 2 aromatic carbocycles. The number of aliphatic hydroxyl groups is 5. The molecule has 27 heteroatoms. The number of carbonyl (C=O) groups is 1. The Morgan fingerprint density at radius 2 is 1.62 bits per heavy atom. The first kappa shape index (κ1) is 45.8. The van der Waals surface area contributed by atoms with Crippen LogP contribution in [0.2, 0.25) is 0 Å². The number of nitrogen functional groups attached to an aromatic ring is 1. The number of rotatable bonds is 17. The highest BCUT2D eigenvalue weighted by Gasteiger charge is 2.47. The lowest BCUT2D eigenvalue weighted by molar-refractivity contribution is -0.108. The zero-order chi connectivity index (χ0) is 45.5. The van der Waals surface area contributed by atoms with Crippen LogP contribution in [0.25, 0.3) is 11.2 Å². The summed E-state index contributed by atoms with van der Waals surface area (Å²) in [4.78, 5) is 78.5. The molecule has 0 amide bonds. The third-order valence-corrected chi connectivity index (χ3v) is 13.1. The Morgan fingerprint density at radius 3 is 2.32 bits per heavy atom. The normalized spacial score (nSPS) is 22.4. The molecular formula is C36H43N9O16P2. The molecule has 2 aliphatic rings. The summed E-state index contributed by atoms with van der Waals surface area (Å²) in [7, 11) is -11.1. The second kappa shape index (κ2) is 18.1. The van der Waals surface area contributed by atoms with E-state index in [9.17, 15) is 58.8 Å². The lowest BCUT2D eigenvalue weighted by atomic mass is 9.96. The fraction of sp³-hybridized carbons (Fsp3) is 0.389. The van der Waals surface area contributed by atoms with Gasteiger partial charge in [-0.3, -0.25) is 28.4 Å². The Bertz CT molecular complexity index is 2700. The number of β-amino-alcohol motifs (C(OH)–C–C–N with tert-alkyl or cyclic N) is 1. The largest absolute Gasteiger partial charge is 0.481 e. The van der Waals surface area contributed by atoms with Gasteiger partial charge in [0.1, 0.15) is 66.3 Å². The number of imidazole rings is 1. The highest BCUT2D eigenvalue weighted by atomic mass is 31.3. The van der Waals surface area contributed by atoms with Crippen molar-refractivity contribution in [2.45, 2.75) is 69.2 Å². The predicted octanol–water partition coefficient (Wildman–Crippen LogP) is -0.0255. The molecule has 0 aliphatic carbocycles. The number of ether oxygens (including phenoxy) is 1. The fourth-order valence-electron chi connectivity index (χ4n) is 7.31. The number of phosphoric ester groups is 2. The Kier molecular flexibility index (Phi) is 13.1. The summed E-state index contributed by atoms with van der Waals surface area (Å²) in [6.07, 6.45) is -9.57. The van der Waals surface area contributed by atoms with E-state index in [4.69, 9.17) is 15.0 Å². The van der Waals surface area contributed by atoms with E-state index < -0.39 is 95.5 Å². The highest BCUT2D eigenvalue weighted by molar-refractivity contribution is 7.61. The molecule has 1 fully saturated rings. The molecule has 0 bridgehead atoms. The first-order chi connectivity index (χ1) is 29.8. The van der Waals surface area contributed by atoms with Gasteiger partial charge >= 0.3 is 21.3 Å². The third kappa shape index (κ3) is 9.37. The van der Waals surface area contributed by atoms with E-state index in [0.29, 0.717) is 23.2 Å². The van der Waals surface area contributed by atoms with Gasteiger partial charge < -0.3 is 60.4 Å². The molecule has 0 saturated carbocycles. The van der Waals surface area contributed by atoms with Crippen molar-refractivity contribution < 1.29 is 67.3 Å². The number of benzene rings is 2. The Balaban J connectivity index is 1.02. The van der Waals surface area contributed by atoms with Crippen LogP contribution in [0, 0.1) is 13.8 Å². The first-order valence-corrected chi connectivity index (χ1v) is 22.0. The van der Waals surface area contributed by atoms with Crippen molar-refractivity contribution in [1.29, 1.82) is 0 Å². The number of carbonyl (C=O) groups excluding carboxylic acids is 1. The molecule has 7 rings (SSSR count). The van der Waals surface area contributed by atoms with Crippen LogP contribution >= 0.6 is 15.6 Å². The van der Waals surface area contributed by atoms with Crippen LogP contribution in [-0.4, -0.2) is 127 Å². The average molecular weight is 920 g/mol. The summed E-state index contributed by atoms with van der Waals surface area (Å²) in [6, 6.07) is 11.5. The number of aldehydes is 1. The molecule has 11 N–H and O–H groups in total. The number of nitrogens with zero attached hydrogens (tertiary/aromatic N) is 6. The van der Waals surface area contributed by atoms with E-state index >= 15 is 0 Å². The van der Waals surface area contributed by atoms with Gasteiger partial charge in [0.15, 0.2) is 17.7 Å². The van der Waals surface area contributed by atoms with Gasteiger partial charge in [-0.1, -0.05) is 30.3 Å². The van der Waals surface area contributed by atoms with Gasteiger partial charge in [0.05, 0.1) is 43.5 Å². The molecule has 1 saturated heterocycles. The summed E-state index contributed by atoms with van der Waals surface area (Å²) in [6.45, 7) is 0.747. The number of fused-ring (bicyclic) bond motifs is 3. The second-order valence-corrected chi connectivity index (χ2v) is 17.7. The van der Waals surface area contributed by atoms with Crippen molar-refractivity contribution >= 4 is 61.8 Å². The molecule has 2 aliphatic heterocycles. The van der Waals surface area contributed by atoms with Crippen LogP contribution in [0.1, 0.15) is 35.4 Å². The zero-order valence-electron chi connectivity index (χ0n) is 33.2. The summed E-state index contributed by atoms with van der Waals surface area (Å²) < 4.78 is 46.0. The summed E-state index contributed by atoms with van der Waals surface area (Å²) in [5, 5.41) is 54.3. The number of nitrogens with one attached hydrogen (secondary N) is 2. The number of nitrogens with two attached hydrogens (primary N) is 1. The predicted molar refractivity (Wildman–Crippen MR) is 219 cm³/mol. The average Bonchev–Trinajstić information content (AvgIpc) is 3.79. The number of hydrogen-bond acceptors (Lipinski definition) is 20. The fourth-order valence-corrected chi connectivity index (χ4v) is 9.41. The molecule has 5 aromatic rings. The molecule has 0 radical (unpaired) electrons. The van der Waals surface area contributed by atoms with Gasteiger partial charge in [-0.2, -0.15) is 4.31 Å². The molecule has 2 unspecified atom stereocenters. The van der Waals surface area contributed by atoms with Crippen molar-refractivity contribution in [2.24, 2.45) is 0 Å². The standard InChI is InChI=1S/C36H43N9O16P2/c1-17-10-21-22(11-18(17)2)45(20(8-9-46)19-6-4-3-5-7-19)27-33(41-36(53)42-34(27)52)43(21)12-23(47)28(49)24(48)13-58-62(54,55)61-63(56,57)59-14-25-29(50)30(51)35(60-25)44-16-40-26-31(37)38-15-39-32(26)44/h3-7,9-11,15-16,20,23-25,28-30,35,47-51H,8,12-14H2,1-2H3,(H,54,55)(H,56,57)(H2,37,38,39)(H2,41,42,52,53)/t20-,23+,24-,25-,28+,29-,30-,35-/m1/s1. The van der Waals surface area contributed by atoms with Crippen molar-refractivity contribution in [3.63, 3.8) is 0 Å². The number of H-pyrrole nitrogens is 2. The molecule has 63 heavy (non-hydrogen) atoms. The van der Waals surface area contributed by atoms with E-state index in [1.807, 2.05) is 6.92 Å². The molecule has 3 aromatic heterocycles. The van der Waals surface area contributed by atoms with Crippen LogP contribution in [-0.2, 0) is 32.0 Å². The minimum Gasteiger partial charge on any atom is -0.388 e. The van der Waals surface area contributed by atoms with Gasteiger partial charge in [0.2, 0.25) is 0 Å². The van der Waals surface area contributed by atoms with Gasteiger partial charge in [-0.25, -0.2) is 28.9 Å². The van der Waals surface area contributed by atoms with Crippen LogP contribution in [0.5, 0.6) is 0 Å². The van der Waals surface area contributed by atoms with E-state index in [2.05, 4.69) is 33.8 Å². The van der Waals surface area contributed by atoms with Gasteiger partial charge in [-0.15, -0.1) is 0 Å². The maximum absolute atomic E-state index is 13.6. The van der Waals surface area contributed by atoms with Gasteiger partial charge in [0.25, 0.3) is 5.56 Å². The monoisotopic (exact) mass is 919 g/mol. The Labute approximate surface area is 355 Å². The molecule has 25 nitrogen and oxygen atoms in total. The first-order valence-electron chi connectivity index (χ1n) is 19.0. The Morgan fingerprint density at radius 1 is 0.937 bits per heavy atom. The lowest BCUT2D eigenvalue weighted by Crippen LogP contribution is -2.47. The van der Waals surface area contributed by atoms with E-state index in [1.165, 1.54) is 15.8 Å². The molecule has 5 heterocycles. The van der Waals surface area contributed by atoms with Crippen molar-refractivity contribution in [3.05, 3.63) is 92.6 Å². The van der Waals surface area contributed by atoms with Crippen LogP contribution in [0.15, 0.2) is 64.7 Å². The highest BCUT2D eigenvalue weighted by Crippen LogP contribution is 2.60. The molecular weight excluding hydrogens is 876 g/mol. The van der Waals surface area contributed by atoms with E-state index in [0.717, 1.165) is 17.5 Å². The molecule has 10 atom stereocenters. The number of aryl methyl sites for hydroxylation is 2. The number of aromatic amines is 2. The van der Waals surface area contributed by atoms with Crippen LogP contribution in [0.4, 0.5) is 28.7 Å². The van der Waals surface area contributed by atoms with Gasteiger partial charge in [0, 0.05) is 6.42 Å². The second-order valence-electron chi connectivity index (χ2n) is 14.7. The minimum absolute atomic E-state index is 0.0225. The smallest absolute Gasteiger partial charge is 0.388 e. The maximum atomic E-state index is 13.6. The Hall–Kier alpha value is -5.24. The van der Waals surface area contributed by atoms with E-state index in [1.54, 1.807) is 54.3 Å². The molecule has 338 valence electrons. The quantitative estimate of drug-likeness (QED) is 0.0432. The SMILES string of the molecule is Cc1cc2c(cc1C)N([C@H](CC=O)c1ccccc1)c1c([nH]c(=O)[nH]c1=O)N2C[C@H](O)[C@H](O)[C@H](O)COP(=O)(O)OP(=O)(O)OC[C@H]1O[C@@H](n2cnc3c(N)ncnc32)[C@H](O)[C@@H]1O. The number of hydrogen-bond donors (Lipinski definition) is 10. The molecule has 0 spiro atoms.